The average molecular weight is 222 g/mol. The molecule has 1 aliphatic heterocycles. The summed E-state index contributed by atoms with van der Waals surface area (Å²) >= 11 is 7.35. The summed E-state index contributed by atoms with van der Waals surface area (Å²) in [6.45, 7) is 2.00. The van der Waals surface area contributed by atoms with E-state index in [1.165, 1.54) is 6.42 Å². The molecule has 1 heterocycles. The molecule has 13 heavy (non-hydrogen) atoms. The molecule has 76 valence electrons. The molecule has 2 unspecified atom stereocenters. The Hall–Kier alpha value is 0.110. The fourth-order valence-corrected chi connectivity index (χ4v) is 2.85. The van der Waals surface area contributed by atoms with Crippen LogP contribution in [0, 0.1) is 0 Å². The van der Waals surface area contributed by atoms with Crippen LogP contribution in [0.2, 0.25) is 0 Å². The summed E-state index contributed by atoms with van der Waals surface area (Å²) in [6.07, 6.45) is 3.06. The molecule has 2 nitrogen and oxygen atoms in total. The van der Waals surface area contributed by atoms with Crippen molar-refractivity contribution in [3.8, 4) is 0 Å². The summed E-state index contributed by atoms with van der Waals surface area (Å²) in [4.78, 5) is 11.6. The maximum Gasteiger partial charge on any atom is 0.233 e. The smallest absolute Gasteiger partial charge is 0.233 e. The van der Waals surface area contributed by atoms with Crippen LogP contribution in [0.4, 0.5) is 0 Å². The van der Waals surface area contributed by atoms with E-state index < -0.39 is 0 Å². The van der Waals surface area contributed by atoms with Crippen LogP contribution in [-0.4, -0.2) is 28.8 Å². The zero-order chi connectivity index (χ0) is 9.68. The van der Waals surface area contributed by atoms with Crippen LogP contribution < -0.4 is 5.32 Å². The van der Waals surface area contributed by atoms with E-state index in [4.69, 9.17) is 11.6 Å². The first kappa shape index (κ1) is 11.2. The number of carbonyl (C=O) groups excluding carboxylic acids is 1. The van der Waals surface area contributed by atoms with Gasteiger partial charge in [-0.2, -0.15) is 0 Å². The molecule has 1 rings (SSSR count). The van der Waals surface area contributed by atoms with Crippen molar-refractivity contribution in [1.29, 1.82) is 0 Å². The van der Waals surface area contributed by atoms with Crippen molar-refractivity contribution >= 4 is 29.3 Å². The van der Waals surface area contributed by atoms with Gasteiger partial charge < -0.3 is 5.32 Å². The van der Waals surface area contributed by atoms with Crippen molar-refractivity contribution in [3.63, 3.8) is 0 Å². The first-order valence-corrected chi connectivity index (χ1v) is 6.30. The lowest BCUT2D eigenvalue weighted by atomic mass is 10.2. The summed E-state index contributed by atoms with van der Waals surface area (Å²) in [5, 5.41) is 3.17. The molecule has 0 radical (unpaired) electrons. The molecule has 1 N–H and O–H groups in total. The summed E-state index contributed by atoms with van der Waals surface area (Å²) < 4.78 is 0. The van der Waals surface area contributed by atoms with Crippen LogP contribution >= 0.6 is 23.4 Å². The number of nitrogens with one attached hydrogen (secondary N) is 1. The van der Waals surface area contributed by atoms with Crippen molar-refractivity contribution < 1.29 is 4.79 Å². The second-order valence-electron chi connectivity index (χ2n) is 3.39. The van der Waals surface area contributed by atoms with Gasteiger partial charge in [-0.25, -0.2) is 0 Å². The van der Waals surface area contributed by atoms with Gasteiger partial charge in [-0.3, -0.25) is 4.79 Å². The highest BCUT2D eigenvalue weighted by atomic mass is 35.5. The van der Waals surface area contributed by atoms with Gasteiger partial charge in [0.15, 0.2) is 0 Å². The second-order valence-corrected chi connectivity index (χ2v) is 5.08. The maximum atomic E-state index is 11.6. The molecule has 1 saturated heterocycles. The van der Waals surface area contributed by atoms with Gasteiger partial charge in [0.2, 0.25) is 5.91 Å². The van der Waals surface area contributed by atoms with E-state index in [2.05, 4.69) is 5.32 Å². The normalized spacial score (nSPS) is 24.3. The fourth-order valence-electron chi connectivity index (χ4n) is 1.36. The number of amides is 1. The molecule has 0 bridgehead atoms. The molecule has 0 aromatic heterocycles. The Kier molecular flexibility index (Phi) is 4.96. The molecule has 0 aliphatic carbocycles. The lowest BCUT2D eigenvalue weighted by Crippen LogP contribution is -2.38. The second kappa shape index (κ2) is 5.76. The lowest BCUT2D eigenvalue weighted by Gasteiger charge is -2.15. The molecule has 0 aromatic rings. The molecule has 4 heteroatoms. The van der Waals surface area contributed by atoms with Crippen LogP contribution in [0.3, 0.4) is 0 Å². The first-order chi connectivity index (χ1) is 6.24. The third kappa shape index (κ3) is 3.77. The van der Waals surface area contributed by atoms with E-state index in [9.17, 15) is 4.79 Å². The van der Waals surface area contributed by atoms with E-state index in [1.54, 1.807) is 11.8 Å². The van der Waals surface area contributed by atoms with Crippen molar-refractivity contribution in [2.24, 2.45) is 0 Å². The van der Waals surface area contributed by atoms with Gasteiger partial charge in [0.05, 0.1) is 5.25 Å². The number of carbonyl (C=O) groups is 1. The Morgan fingerprint density at radius 3 is 3.08 bits per heavy atom. The number of hydrogen-bond donors (Lipinski definition) is 1. The van der Waals surface area contributed by atoms with Gasteiger partial charge in [-0.05, 0) is 31.9 Å². The Bertz CT molecular complexity index is 171. The Morgan fingerprint density at radius 2 is 2.54 bits per heavy atom. The van der Waals surface area contributed by atoms with Gasteiger partial charge in [0.25, 0.3) is 0 Å². The first-order valence-electron chi connectivity index (χ1n) is 4.72. The quantitative estimate of drug-likeness (QED) is 0.736. The third-order valence-corrected chi connectivity index (χ3v) is 3.75. The van der Waals surface area contributed by atoms with Crippen LogP contribution in [-0.2, 0) is 4.79 Å². The number of thioether (sulfide) groups is 1. The third-order valence-electron chi connectivity index (χ3n) is 2.15. The van der Waals surface area contributed by atoms with Gasteiger partial charge in [0.1, 0.15) is 0 Å². The van der Waals surface area contributed by atoms with Gasteiger partial charge >= 0.3 is 0 Å². The van der Waals surface area contributed by atoms with Crippen LogP contribution in [0.25, 0.3) is 0 Å². The van der Waals surface area contributed by atoms with Crippen LogP contribution in [0.5, 0.6) is 0 Å². The van der Waals surface area contributed by atoms with E-state index in [-0.39, 0.29) is 17.2 Å². The van der Waals surface area contributed by atoms with E-state index in [1.807, 2.05) is 6.92 Å². The topological polar surface area (TPSA) is 29.1 Å². The Labute approximate surface area is 88.8 Å². The van der Waals surface area contributed by atoms with Gasteiger partial charge in [-0.15, -0.1) is 23.4 Å². The maximum absolute atomic E-state index is 11.6. The number of halogens is 1. The van der Waals surface area contributed by atoms with Crippen molar-refractivity contribution in [2.75, 3.05) is 11.6 Å². The molecule has 1 amide bonds. The molecule has 1 fully saturated rings. The minimum absolute atomic E-state index is 0.192. The standard InChI is InChI=1S/C9H16ClNOS/c1-7(4-5-10)11-9(12)8-3-2-6-13-8/h7-8H,2-6H2,1H3,(H,11,12). The molecular formula is C9H16ClNOS. The number of alkyl halides is 1. The number of rotatable bonds is 4. The monoisotopic (exact) mass is 221 g/mol. The largest absolute Gasteiger partial charge is 0.353 e. The summed E-state index contributed by atoms with van der Waals surface area (Å²) in [7, 11) is 0. The average Bonchev–Trinajstić information content (AvgIpc) is 2.55. The predicted molar refractivity (Wildman–Crippen MR) is 58.4 cm³/mol. The van der Waals surface area contributed by atoms with Crippen LogP contribution in [0.15, 0.2) is 0 Å². The highest BCUT2D eigenvalue weighted by molar-refractivity contribution is 8.00. The van der Waals surface area contributed by atoms with E-state index in [0.29, 0.717) is 5.88 Å². The highest BCUT2D eigenvalue weighted by Gasteiger charge is 2.23. The molecule has 0 spiro atoms. The molecular weight excluding hydrogens is 206 g/mol. The highest BCUT2D eigenvalue weighted by Crippen LogP contribution is 2.26. The molecule has 2 atom stereocenters. The van der Waals surface area contributed by atoms with Crippen molar-refractivity contribution in [3.05, 3.63) is 0 Å². The number of hydrogen-bond acceptors (Lipinski definition) is 2. The van der Waals surface area contributed by atoms with Gasteiger partial charge in [0, 0.05) is 11.9 Å². The lowest BCUT2D eigenvalue weighted by molar-refractivity contribution is -0.121. The zero-order valence-corrected chi connectivity index (χ0v) is 9.46. The van der Waals surface area contributed by atoms with E-state index in [0.717, 1.165) is 18.6 Å². The van der Waals surface area contributed by atoms with Gasteiger partial charge in [-0.1, -0.05) is 0 Å². The summed E-state index contributed by atoms with van der Waals surface area (Å²) in [5.74, 6) is 1.93. The summed E-state index contributed by atoms with van der Waals surface area (Å²) in [6, 6.07) is 0.214. The van der Waals surface area contributed by atoms with Crippen LogP contribution in [0.1, 0.15) is 26.2 Å². The molecule has 1 aliphatic rings. The molecule has 0 aromatic carbocycles. The molecule has 0 saturated carbocycles. The van der Waals surface area contributed by atoms with Crippen molar-refractivity contribution in [1.82, 2.24) is 5.32 Å². The Balaban J connectivity index is 2.23. The SMILES string of the molecule is CC(CCCl)NC(=O)C1CCCS1. The Morgan fingerprint density at radius 1 is 1.77 bits per heavy atom. The predicted octanol–water partition coefficient (Wildman–Crippen LogP) is 2.02. The van der Waals surface area contributed by atoms with E-state index >= 15 is 0 Å². The zero-order valence-electron chi connectivity index (χ0n) is 7.88. The van der Waals surface area contributed by atoms with Crippen molar-refractivity contribution in [2.45, 2.75) is 37.5 Å². The minimum atomic E-state index is 0.192. The fraction of sp³-hybridized carbons (Fsp3) is 0.889. The minimum Gasteiger partial charge on any atom is -0.353 e. The summed E-state index contributed by atoms with van der Waals surface area (Å²) in [5.41, 5.74) is 0.